The van der Waals surface area contributed by atoms with Gasteiger partial charge in [0, 0.05) is 27.9 Å². The van der Waals surface area contributed by atoms with Crippen LogP contribution in [0, 0.1) is 17.4 Å². The molecule has 0 aromatic heterocycles. The molecule has 2 aromatic carbocycles. The highest BCUT2D eigenvalue weighted by Gasteiger charge is 2.39. The summed E-state index contributed by atoms with van der Waals surface area (Å²) in [4.78, 5) is 38.4. The van der Waals surface area contributed by atoms with Crippen LogP contribution in [0.2, 0.25) is 0 Å². The molecule has 1 heterocycles. The van der Waals surface area contributed by atoms with Gasteiger partial charge in [-0.1, -0.05) is 17.7 Å². The number of rotatable bonds is 6. The van der Waals surface area contributed by atoms with Gasteiger partial charge in [0.1, 0.15) is 0 Å². The number of amides is 3. The number of nitrogens with zero attached hydrogens (tertiary/aromatic N) is 1. The number of thioether (sulfide) groups is 1. The fourth-order valence-corrected chi connectivity index (χ4v) is 4.72. The Balaban J connectivity index is 1.52. The first-order valence-corrected chi connectivity index (χ1v) is 11.1. The van der Waals surface area contributed by atoms with Gasteiger partial charge >= 0.3 is 0 Å². The lowest BCUT2D eigenvalue weighted by Crippen LogP contribution is -2.31. The molecule has 0 radical (unpaired) electrons. The Hall–Kier alpha value is -1.87. The summed E-state index contributed by atoms with van der Waals surface area (Å²) in [5.74, 6) is 0.00255. The summed E-state index contributed by atoms with van der Waals surface area (Å²) in [6.45, 7) is 3.91. The summed E-state index contributed by atoms with van der Waals surface area (Å²) >= 11 is 3.60. The first-order chi connectivity index (χ1) is 13.3. The molecular weight excluding hydrogens is 487 g/mol. The number of hydrogen-bond acceptors (Lipinski definition) is 4. The third-order valence-electron chi connectivity index (χ3n) is 4.51. The van der Waals surface area contributed by atoms with E-state index in [9.17, 15) is 14.4 Å². The van der Waals surface area contributed by atoms with Crippen LogP contribution < -0.4 is 10.2 Å². The molecule has 28 heavy (non-hydrogen) atoms. The lowest BCUT2D eigenvalue weighted by molar-refractivity contribution is -0.121. The van der Waals surface area contributed by atoms with Crippen molar-refractivity contribution in [3.63, 3.8) is 0 Å². The lowest BCUT2D eigenvalue weighted by Gasteiger charge is -2.15. The number of hydrogen-bond donors (Lipinski definition) is 1. The van der Waals surface area contributed by atoms with E-state index in [4.69, 9.17) is 0 Å². The van der Waals surface area contributed by atoms with Crippen LogP contribution in [0.1, 0.15) is 24.0 Å². The summed E-state index contributed by atoms with van der Waals surface area (Å²) < 4.78 is 1.12. The number of anilines is 2. The maximum atomic E-state index is 12.6. The third-order valence-corrected chi connectivity index (χ3v) is 6.39. The van der Waals surface area contributed by atoms with Gasteiger partial charge in [0.25, 0.3) is 0 Å². The molecule has 5 nitrogen and oxygen atoms in total. The van der Waals surface area contributed by atoms with Crippen molar-refractivity contribution in [2.75, 3.05) is 16.0 Å². The fourth-order valence-electron chi connectivity index (χ4n) is 2.97. The number of benzene rings is 2. The zero-order valence-electron chi connectivity index (χ0n) is 15.7. The molecule has 0 saturated carbocycles. The molecule has 3 amide bonds. The van der Waals surface area contributed by atoms with E-state index in [0.29, 0.717) is 17.9 Å². The second-order valence-electron chi connectivity index (χ2n) is 6.72. The Morgan fingerprint density at radius 3 is 2.57 bits per heavy atom. The maximum absolute atomic E-state index is 12.6. The van der Waals surface area contributed by atoms with Crippen LogP contribution in [-0.4, -0.2) is 28.7 Å². The Morgan fingerprint density at radius 2 is 1.89 bits per heavy atom. The molecule has 1 fully saturated rings. The van der Waals surface area contributed by atoms with Gasteiger partial charge in [-0.2, -0.15) is 0 Å². The van der Waals surface area contributed by atoms with Crippen molar-refractivity contribution < 1.29 is 14.4 Å². The largest absolute Gasteiger partial charge is 0.326 e. The van der Waals surface area contributed by atoms with E-state index in [1.54, 1.807) is 12.1 Å². The maximum Gasteiger partial charge on any atom is 0.247 e. The van der Waals surface area contributed by atoms with E-state index in [1.807, 2.05) is 44.2 Å². The van der Waals surface area contributed by atoms with Crippen LogP contribution in [0.5, 0.6) is 0 Å². The highest BCUT2D eigenvalue weighted by Crippen LogP contribution is 2.30. The van der Waals surface area contributed by atoms with Crippen LogP contribution in [0.3, 0.4) is 0 Å². The average molecular weight is 508 g/mol. The van der Waals surface area contributed by atoms with E-state index >= 15 is 0 Å². The van der Waals surface area contributed by atoms with E-state index in [2.05, 4.69) is 27.9 Å². The van der Waals surface area contributed by atoms with E-state index in [-0.39, 0.29) is 24.1 Å². The summed E-state index contributed by atoms with van der Waals surface area (Å²) in [7, 11) is 0. The second kappa shape index (κ2) is 9.09. The summed E-state index contributed by atoms with van der Waals surface area (Å²) in [6.07, 6.45) is 0.466. The van der Waals surface area contributed by atoms with Gasteiger partial charge in [-0.05, 0) is 72.3 Å². The number of halogens is 1. The fraction of sp³-hybridized carbons (Fsp3) is 0.286. The second-order valence-corrected chi connectivity index (χ2v) is 9.28. The SMILES string of the molecule is Cc1ccc(N2C(=O)C[C@@H](SCCC(=O)Nc3ccc(I)cc3C)C2=O)cc1. The Morgan fingerprint density at radius 1 is 1.18 bits per heavy atom. The molecule has 1 aliphatic heterocycles. The zero-order chi connectivity index (χ0) is 20.3. The Bertz CT molecular complexity index is 914. The number of aryl methyl sites for hydroxylation is 2. The highest BCUT2D eigenvalue weighted by molar-refractivity contribution is 14.1. The van der Waals surface area contributed by atoms with Gasteiger partial charge in [0.15, 0.2) is 0 Å². The quantitative estimate of drug-likeness (QED) is 0.467. The normalized spacial score (nSPS) is 16.5. The summed E-state index contributed by atoms with van der Waals surface area (Å²) in [6, 6.07) is 13.2. The number of imide groups is 1. The van der Waals surface area contributed by atoms with Crippen LogP contribution in [0.4, 0.5) is 11.4 Å². The van der Waals surface area contributed by atoms with Crippen molar-refractivity contribution in [1.82, 2.24) is 0 Å². The minimum absolute atomic E-state index is 0.0935. The molecule has 1 N–H and O–H groups in total. The molecule has 0 aliphatic carbocycles. The van der Waals surface area contributed by atoms with Crippen LogP contribution in [0.15, 0.2) is 42.5 Å². The van der Waals surface area contributed by atoms with Gasteiger partial charge < -0.3 is 5.32 Å². The van der Waals surface area contributed by atoms with Crippen molar-refractivity contribution >= 4 is 63.4 Å². The zero-order valence-corrected chi connectivity index (χ0v) is 18.7. The van der Waals surface area contributed by atoms with Gasteiger partial charge in [0.2, 0.25) is 17.7 Å². The highest BCUT2D eigenvalue weighted by atomic mass is 127. The molecule has 2 aromatic rings. The van der Waals surface area contributed by atoms with Crippen molar-refractivity contribution in [3.05, 3.63) is 57.2 Å². The minimum Gasteiger partial charge on any atom is -0.326 e. The first kappa shape index (κ1) is 20.9. The summed E-state index contributed by atoms with van der Waals surface area (Å²) in [5, 5.41) is 2.48. The predicted octanol–water partition coefficient (Wildman–Crippen LogP) is 4.30. The topological polar surface area (TPSA) is 66.5 Å². The molecule has 3 rings (SSSR count). The van der Waals surface area contributed by atoms with Gasteiger partial charge in [0.05, 0.1) is 10.9 Å². The van der Waals surface area contributed by atoms with E-state index < -0.39 is 5.25 Å². The van der Waals surface area contributed by atoms with Crippen molar-refractivity contribution in [3.8, 4) is 0 Å². The lowest BCUT2D eigenvalue weighted by atomic mass is 10.2. The van der Waals surface area contributed by atoms with E-state index in [1.165, 1.54) is 16.7 Å². The molecule has 1 atom stereocenters. The molecule has 0 unspecified atom stereocenters. The minimum atomic E-state index is -0.429. The van der Waals surface area contributed by atoms with Crippen molar-refractivity contribution in [2.24, 2.45) is 0 Å². The third kappa shape index (κ3) is 4.94. The smallest absolute Gasteiger partial charge is 0.247 e. The monoisotopic (exact) mass is 508 g/mol. The molecule has 1 saturated heterocycles. The molecular formula is C21H21IN2O3S. The Kier molecular flexibility index (Phi) is 6.77. The van der Waals surface area contributed by atoms with Gasteiger partial charge in [-0.3, -0.25) is 14.4 Å². The van der Waals surface area contributed by atoms with Crippen LogP contribution in [-0.2, 0) is 14.4 Å². The summed E-state index contributed by atoms with van der Waals surface area (Å²) in [5.41, 5.74) is 3.49. The predicted molar refractivity (Wildman–Crippen MR) is 122 cm³/mol. The number of carbonyl (C=O) groups excluding carboxylic acids is 3. The Labute approximate surface area is 182 Å². The van der Waals surface area contributed by atoms with Crippen molar-refractivity contribution in [1.29, 1.82) is 0 Å². The molecule has 0 bridgehead atoms. The average Bonchev–Trinajstić information content (AvgIpc) is 2.92. The first-order valence-electron chi connectivity index (χ1n) is 8.96. The van der Waals surface area contributed by atoms with Crippen molar-refractivity contribution in [2.45, 2.75) is 31.9 Å². The van der Waals surface area contributed by atoms with Crippen LogP contribution >= 0.6 is 34.4 Å². The molecule has 1 aliphatic rings. The van der Waals surface area contributed by atoms with Gasteiger partial charge in [-0.15, -0.1) is 11.8 Å². The number of carbonyl (C=O) groups is 3. The molecule has 0 spiro atoms. The van der Waals surface area contributed by atoms with E-state index in [0.717, 1.165) is 20.4 Å². The molecule has 146 valence electrons. The van der Waals surface area contributed by atoms with Crippen LogP contribution in [0.25, 0.3) is 0 Å². The van der Waals surface area contributed by atoms with Gasteiger partial charge in [-0.25, -0.2) is 4.90 Å². The standard InChI is InChI=1S/C21H21IN2O3S/c1-13-3-6-16(7-4-13)24-20(26)12-18(21(24)27)28-10-9-19(25)23-17-8-5-15(22)11-14(17)2/h3-8,11,18H,9-10,12H2,1-2H3,(H,23,25)/t18-/m1/s1. The number of nitrogens with one attached hydrogen (secondary N) is 1. The molecule has 7 heteroatoms.